The van der Waals surface area contributed by atoms with Gasteiger partial charge in [-0.15, -0.1) is 0 Å². The van der Waals surface area contributed by atoms with E-state index in [2.05, 4.69) is 42.5 Å². The Morgan fingerprint density at radius 1 is 1.29 bits per heavy atom. The molecule has 0 unspecified atom stereocenters. The van der Waals surface area contributed by atoms with Gasteiger partial charge in [-0.25, -0.2) is 9.67 Å². The van der Waals surface area contributed by atoms with Crippen molar-refractivity contribution in [1.29, 1.82) is 0 Å². The van der Waals surface area contributed by atoms with Crippen molar-refractivity contribution in [2.75, 3.05) is 5.32 Å². The number of fused-ring (bicyclic) bond motifs is 2. The average Bonchev–Trinajstić information content (AvgIpc) is 2.87. The third-order valence-electron chi connectivity index (χ3n) is 4.16. The fourth-order valence-electron chi connectivity index (χ4n) is 2.70. The molecule has 1 N–H and O–H groups in total. The van der Waals surface area contributed by atoms with Crippen LogP contribution in [0.2, 0.25) is 0 Å². The van der Waals surface area contributed by atoms with Crippen molar-refractivity contribution in [2.45, 2.75) is 47.1 Å². The summed E-state index contributed by atoms with van der Waals surface area (Å²) in [4.78, 5) is 16.9. The van der Waals surface area contributed by atoms with Crippen molar-refractivity contribution in [3.8, 4) is 0 Å². The number of carbonyl (C=O) groups is 1. The van der Waals surface area contributed by atoms with Gasteiger partial charge in [-0.1, -0.05) is 38.8 Å². The molecular formula is C19H24N4O. The van der Waals surface area contributed by atoms with E-state index in [4.69, 9.17) is 4.98 Å². The quantitative estimate of drug-likeness (QED) is 0.761. The highest BCUT2D eigenvalue weighted by Crippen LogP contribution is 2.27. The maximum atomic E-state index is 12.1. The second kappa shape index (κ2) is 6.59. The van der Waals surface area contributed by atoms with Crippen LogP contribution in [0.25, 0.3) is 21.9 Å². The summed E-state index contributed by atoms with van der Waals surface area (Å²) in [7, 11) is 0. The maximum absolute atomic E-state index is 12.1. The fourth-order valence-corrected chi connectivity index (χ4v) is 2.70. The van der Waals surface area contributed by atoms with Gasteiger partial charge in [0.25, 0.3) is 0 Å². The van der Waals surface area contributed by atoms with E-state index in [-0.39, 0.29) is 11.8 Å². The van der Waals surface area contributed by atoms with Crippen molar-refractivity contribution >= 4 is 33.7 Å². The molecule has 0 spiro atoms. The van der Waals surface area contributed by atoms with Crippen LogP contribution in [-0.2, 0) is 11.3 Å². The number of hydrogen-bond acceptors (Lipinski definition) is 3. The zero-order valence-corrected chi connectivity index (χ0v) is 14.8. The van der Waals surface area contributed by atoms with Gasteiger partial charge < -0.3 is 5.32 Å². The number of aryl methyl sites for hydroxylation is 2. The van der Waals surface area contributed by atoms with Crippen molar-refractivity contribution in [2.24, 2.45) is 5.92 Å². The van der Waals surface area contributed by atoms with E-state index in [1.165, 1.54) is 5.56 Å². The Labute approximate surface area is 142 Å². The van der Waals surface area contributed by atoms with Gasteiger partial charge in [0.15, 0.2) is 11.5 Å². The van der Waals surface area contributed by atoms with E-state index >= 15 is 0 Å². The van der Waals surface area contributed by atoms with Crippen molar-refractivity contribution < 1.29 is 4.79 Å². The number of amides is 1. The van der Waals surface area contributed by atoms with Gasteiger partial charge in [0.1, 0.15) is 0 Å². The highest BCUT2D eigenvalue weighted by atomic mass is 16.1. The molecule has 1 amide bonds. The first-order valence-electron chi connectivity index (χ1n) is 8.58. The number of nitrogens with one attached hydrogen (secondary N) is 1. The molecule has 0 bridgehead atoms. The Morgan fingerprint density at radius 2 is 2.08 bits per heavy atom. The average molecular weight is 324 g/mol. The number of benzene rings is 1. The second-order valence-corrected chi connectivity index (χ2v) is 6.62. The number of unbranched alkanes of at least 4 members (excludes halogenated alkanes) is 1. The lowest BCUT2D eigenvalue weighted by Gasteiger charge is -2.05. The molecule has 0 radical (unpaired) electrons. The van der Waals surface area contributed by atoms with E-state index in [1.807, 2.05) is 24.6 Å². The minimum atomic E-state index is -0.0866. The van der Waals surface area contributed by atoms with E-state index in [1.54, 1.807) is 0 Å². The first kappa shape index (κ1) is 16.4. The fraction of sp³-hybridized carbons (Fsp3) is 0.421. The van der Waals surface area contributed by atoms with Crippen LogP contribution in [0.4, 0.5) is 5.82 Å². The first-order valence-corrected chi connectivity index (χ1v) is 8.58. The zero-order chi connectivity index (χ0) is 17.3. The summed E-state index contributed by atoms with van der Waals surface area (Å²) in [5, 5.41) is 9.53. The van der Waals surface area contributed by atoms with Gasteiger partial charge in [-0.05, 0) is 31.5 Å². The van der Waals surface area contributed by atoms with Gasteiger partial charge >= 0.3 is 0 Å². The molecule has 2 heterocycles. The second-order valence-electron chi connectivity index (χ2n) is 6.62. The molecule has 5 heteroatoms. The monoisotopic (exact) mass is 324 g/mol. The van der Waals surface area contributed by atoms with Crippen LogP contribution < -0.4 is 5.32 Å². The maximum Gasteiger partial charge on any atom is 0.228 e. The third kappa shape index (κ3) is 3.11. The van der Waals surface area contributed by atoms with Crippen LogP contribution in [0.3, 0.4) is 0 Å². The molecule has 3 aromatic rings. The summed E-state index contributed by atoms with van der Waals surface area (Å²) < 4.78 is 1.91. The molecule has 2 aromatic heterocycles. The lowest BCUT2D eigenvalue weighted by atomic mass is 10.1. The molecule has 0 saturated heterocycles. The normalized spacial score (nSPS) is 11.5. The Bertz CT molecular complexity index is 895. The number of nitrogens with zero attached hydrogens (tertiary/aromatic N) is 3. The molecule has 126 valence electrons. The van der Waals surface area contributed by atoms with Crippen LogP contribution in [0.1, 0.15) is 39.2 Å². The van der Waals surface area contributed by atoms with Crippen molar-refractivity contribution in [3.05, 3.63) is 29.8 Å². The SMILES string of the molecule is CCCCn1nc(NC(=O)C(C)C)c2cc3cc(C)ccc3nc21. The molecule has 0 atom stereocenters. The number of pyridine rings is 1. The molecule has 0 aliphatic heterocycles. The van der Waals surface area contributed by atoms with Gasteiger partial charge in [-0.2, -0.15) is 5.10 Å². The lowest BCUT2D eigenvalue weighted by molar-refractivity contribution is -0.118. The predicted octanol–water partition coefficient (Wildman–Crippen LogP) is 4.29. The molecule has 1 aromatic carbocycles. The molecule has 0 saturated carbocycles. The topological polar surface area (TPSA) is 59.8 Å². The summed E-state index contributed by atoms with van der Waals surface area (Å²) in [6, 6.07) is 8.29. The zero-order valence-electron chi connectivity index (χ0n) is 14.8. The first-order chi connectivity index (χ1) is 11.5. The molecule has 0 fully saturated rings. The largest absolute Gasteiger partial charge is 0.308 e. The highest BCUT2D eigenvalue weighted by molar-refractivity contribution is 6.03. The number of rotatable bonds is 5. The van der Waals surface area contributed by atoms with Crippen LogP contribution in [0, 0.1) is 12.8 Å². The Hall–Kier alpha value is -2.43. The van der Waals surface area contributed by atoms with E-state index < -0.39 is 0 Å². The molecule has 3 rings (SSSR count). The van der Waals surface area contributed by atoms with Gasteiger partial charge in [0.05, 0.1) is 10.9 Å². The van der Waals surface area contributed by atoms with Gasteiger partial charge in [0, 0.05) is 17.8 Å². The molecule has 0 aliphatic carbocycles. The van der Waals surface area contributed by atoms with Crippen LogP contribution in [0.15, 0.2) is 24.3 Å². The smallest absolute Gasteiger partial charge is 0.228 e. The summed E-state index contributed by atoms with van der Waals surface area (Å²) in [5.74, 6) is 0.494. The van der Waals surface area contributed by atoms with Crippen LogP contribution in [-0.4, -0.2) is 20.7 Å². The Balaban J connectivity index is 2.16. The summed E-state index contributed by atoms with van der Waals surface area (Å²) in [6.07, 6.45) is 2.11. The van der Waals surface area contributed by atoms with E-state index in [0.717, 1.165) is 41.3 Å². The standard InChI is InChI=1S/C19H24N4O/c1-5-6-9-23-18-15(17(22-23)21-19(24)12(2)3)11-14-10-13(4)7-8-16(14)20-18/h7-8,10-12H,5-6,9H2,1-4H3,(H,21,22,24). The van der Waals surface area contributed by atoms with E-state index in [9.17, 15) is 4.79 Å². The number of carbonyl (C=O) groups excluding carboxylic acids is 1. The minimum Gasteiger partial charge on any atom is -0.308 e. The molecule has 24 heavy (non-hydrogen) atoms. The predicted molar refractivity (Wildman–Crippen MR) is 98.1 cm³/mol. The van der Waals surface area contributed by atoms with Crippen LogP contribution >= 0.6 is 0 Å². The molecular weight excluding hydrogens is 300 g/mol. The van der Waals surface area contributed by atoms with Crippen molar-refractivity contribution in [1.82, 2.24) is 14.8 Å². The minimum absolute atomic E-state index is 0.0265. The molecule has 0 aliphatic rings. The number of aromatic nitrogens is 3. The van der Waals surface area contributed by atoms with Crippen molar-refractivity contribution in [3.63, 3.8) is 0 Å². The number of hydrogen-bond donors (Lipinski definition) is 1. The van der Waals surface area contributed by atoms with Crippen LogP contribution in [0.5, 0.6) is 0 Å². The molecule has 5 nitrogen and oxygen atoms in total. The summed E-state index contributed by atoms with van der Waals surface area (Å²) in [6.45, 7) is 8.77. The highest BCUT2D eigenvalue weighted by Gasteiger charge is 2.16. The lowest BCUT2D eigenvalue weighted by Crippen LogP contribution is -2.18. The van der Waals surface area contributed by atoms with E-state index in [0.29, 0.717) is 5.82 Å². The third-order valence-corrected chi connectivity index (χ3v) is 4.16. The number of anilines is 1. The Kier molecular flexibility index (Phi) is 4.51. The summed E-state index contributed by atoms with van der Waals surface area (Å²) >= 11 is 0. The van der Waals surface area contributed by atoms with Gasteiger partial charge in [-0.3, -0.25) is 4.79 Å². The Morgan fingerprint density at radius 3 is 2.79 bits per heavy atom. The summed E-state index contributed by atoms with van der Waals surface area (Å²) in [5.41, 5.74) is 2.97. The van der Waals surface area contributed by atoms with Gasteiger partial charge in [0.2, 0.25) is 5.91 Å².